The molecular formula is C13H20ClN3O2S. The van der Waals surface area contributed by atoms with E-state index >= 15 is 0 Å². The first-order valence-electron chi connectivity index (χ1n) is 6.84. The van der Waals surface area contributed by atoms with Crippen LogP contribution in [0, 0.1) is 5.92 Å². The molecule has 1 aromatic rings. The monoisotopic (exact) mass is 317 g/mol. The number of sulfonamides is 1. The van der Waals surface area contributed by atoms with Crippen LogP contribution < -0.4 is 5.32 Å². The fourth-order valence-electron chi connectivity index (χ4n) is 2.37. The SMILES string of the molecule is CCNc1ncc(S(=O)(=O)N2CCCC(C)C2)cc1Cl. The van der Waals surface area contributed by atoms with Crippen LogP contribution in [0.4, 0.5) is 5.82 Å². The molecule has 1 atom stereocenters. The Hall–Kier alpha value is -0.850. The van der Waals surface area contributed by atoms with E-state index in [1.807, 2.05) is 6.92 Å². The molecule has 7 heteroatoms. The molecule has 0 spiro atoms. The number of hydrogen-bond donors (Lipinski definition) is 1. The van der Waals surface area contributed by atoms with E-state index < -0.39 is 10.0 Å². The zero-order chi connectivity index (χ0) is 14.8. The second-order valence-corrected chi connectivity index (χ2v) is 7.49. The van der Waals surface area contributed by atoms with Crippen molar-refractivity contribution < 1.29 is 8.42 Å². The van der Waals surface area contributed by atoms with Gasteiger partial charge >= 0.3 is 0 Å². The summed E-state index contributed by atoms with van der Waals surface area (Å²) >= 11 is 6.07. The molecule has 2 rings (SSSR count). The molecule has 0 aromatic carbocycles. The molecule has 5 nitrogen and oxygen atoms in total. The van der Waals surface area contributed by atoms with Gasteiger partial charge in [0, 0.05) is 25.8 Å². The molecule has 0 bridgehead atoms. The molecule has 0 aliphatic carbocycles. The average molecular weight is 318 g/mol. The minimum atomic E-state index is -3.49. The van der Waals surface area contributed by atoms with Gasteiger partial charge in [-0.05, 0) is 31.7 Å². The van der Waals surface area contributed by atoms with Gasteiger partial charge in [0.25, 0.3) is 0 Å². The van der Waals surface area contributed by atoms with Crippen LogP contribution in [0.1, 0.15) is 26.7 Å². The first-order valence-corrected chi connectivity index (χ1v) is 8.66. The highest BCUT2D eigenvalue weighted by Gasteiger charge is 2.29. The lowest BCUT2D eigenvalue weighted by Crippen LogP contribution is -2.39. The molecule has 1 unspecified atom stereocenters. The quantitative estimate of drug-likeness (QED) is 0.927. The number of piperidine rings is 1. The van der Waals surface area contributed by atoms with E-state index in [1.54, 1.807) is 0 Å². The molecule has 1 N–H and O–H groups in total. The standard InChI is InChI=1S/C13H20ClN3O2S/c1-3-15-13-12(14)7-11(8-16-13)20(18,19)17-6-4-5-10(2)9-17/h7-8,10H,3-6,9H2,1-2H3,(H,15,16). The average Bonchev–Trinajstić information content (AvgIpc) is 2.41. The molecule has 0 radical (unpaired) electrons. The van der Waals surface area contributed by atoms with Gasteiger partial charge in [-0.2, -0.15) is 4.31 Å². The molecule has 1 aromatic heterocycles. The number of rotatable bonds is 4. The van der Waals surface area contributed by atoms with Crippen LogP contribution in [0.5, 0.6) is 0 Å². The van der Waals surface area contributed by atoms with Crippen molar-refractivity contribution in [3.63, 3.8) is 0 Å². The summed E-state index contributed by atoms with van der Waals surface area (Å²) in [7, 11) is -3.49. The number of aromatic nitrogens is 1. The summed E-state index contributed by atoms with van der Waals surface area (Å²) in [5.74, 6) is 0.906. The van der Waals surface area contributed by atoms with E-state index in [2.05, 4.69) is 17.2 Å². The van der Waals surface area contributed by atoms with Crippen molar-refractivity contribution in [3.8, 4) is 0 Å². The predicted octanol–water partition coefficient (Wildman–Crippen LogP) is 2.59. The summed E-state index contributed by atoms with van der Waals surface area (Å²) < 4.78 is 26.7. The minimum absolute atomic E-state index is 0.165. The molecule has 2 heterocycles. The Morgan fingerprint density at radius 3 is 2.90 bits per heavy atom. The smallest absolute Gasteiger partial charge is 0.244 e. The maximum absolute atomic E-state index is 12.6. The number of anilines is 1. The Bertz CT molecular complexity index is 577. The second-order valence-electron chi connectivity index (χ2n) is 5.14. The molecule has 1 fully saturated rings. The fraction of sp³-hybridized carbons (Fsp3) is 0.615. The highest BCUT2D eigenvalue weighted by Crippen LogP contribution is 2.27. The van der Waals surface area contributed by atoms with E-state index in [4.69, 9.17) is 11.6 Å². The molecule has 0 saturated carbocycles. The summed E-state index contributed by atoms with van der Waals surface area (Å²) in [6, 6.07) is 1.47. The Morgan fingerprint density at radius 2 is 2.30 bits per heavy atom. The van der Waals surface area contributed by atoms with Gasteiger partial charge in [0.15, 0.2) is 0 Å². The number of hydrogen-bond acceptors (Lipinski definition) is 4. The first-order chi connectivity index (χ1) is 9.45. The fourth-order valence-corrected chi connectivity index (χ4v) is 4.24. The van der Waals surface area contributed by atoms with Crippen LogP contribution >= 0.6 is 11.6 Å². The van der Waals surface area contributed by atoms with Crippen LogP contribution in [-0.2, 0) is 10.0 Å². The molecule has 112 valence electrons. The number of nitrogens with one attached hydrogen (secondary N) is 1. The molecule has 1 aliphatic rings. The van der Waals surface area contributed by atoms with E-state index in [9.17, 15) is 8.42 Å². The summed E-state index contributed by atoms with van der Waals surface area (Å²) in [5, 5.41) is 3.32. The predicted molar refractivity (Wildman–Crippen MR) is 80.6 cm³/mol. The number of halogens is 1. The third kappa shape index (κ3) is 3.24. The van der Waals surface area contributed by atoms with Gasteiger partial charge in [-0.15, -0.1) is 0 Å². The van der Waals surface area contributed by atoms with Crippen molar-refractivity contribution >= 4 is 27.4 Å². The lowest BCUT2D eigenvalue weighted by molar-refractivity contribution is 0.281. The van der Waals surface area contributed by atoms with Gasteiger partial charge in [0.1, 0.15) is 10.7 Å². The van der Waals surface area contributed by atoms with Gasteiger partial charge in [-0.1, -0.05) is 18.5 Å². The van der Waals surface area contributed by atoms with Crippen molar-refractivity contribution in [1.29, 1.82) is 0 Å². The van der Waals surface area contributed by atoms with Crippen molar-refractivity contribution in [3.05, 3.63) is 17.3 Å². The number of nitrogens with zero attached hydrogens (tertiary/aromatic N) is 2. The zero-order valence-corrected chi connectivity index (χ0v) is 13.3. The molecule has 1 aliphatic heterocycles. The Kier molecular flexibility index (Phi) is 4.88. The lowest BCUT2D eigenvalue weighted by atomic mass is 10.0. The third-order valence-electron chi connectivity index (χ3n) is 3.42. The maximum atomic E-state index is 12.6. The number of pyridine rings is 1. The van der Waals surface area contributed by atoms with Gasteiger partial charge in [-0.3, -0.25) is 0 Å². The first kappa shape index (κ1) is 15.5. The van der Waals surface area contributed by atoms with Gasteiger partial charge in [-0.25, -0.2) is 13.4 Å². The van der Waals surface area contributed by atoms with Crippen molar-refractivity contribution in [1.82, 2.24) is 9.29 Å². The maximum Gasteiger partial charge on any atom is 0.244 e. The lowest BCUT2D eigenvalue weighted by Gasteiger charge is -2.30. The van der Waals surface area contributed by atoms with E-state index in [1.165, 1.54) is 16.6 Å². The van der Waals surface area contributed by atoms with Crippen molar-refractivity contribution in [2.75, 3.05) is 25.0 Å². The van der Waals surface area contributed by atoms with Crippen LogP contribution in [-0.4, -0.2) is 37.3 Å². The highest BCUT2D eigenvalue weighted by atomic mass is 35.5. The van der Waals surface area contributed by atoms with E-state index in [0.29, 0.717) is 36.4 Å². The van der Waals surface area contributed by atoms with Crippen LogP contribution in [0.25, 0.3) is 0 Å². The van der Waals surface area contributed by atoms with Gasteiger partial charge < -0.3 is 5.32 Å². The molecule has 20 heavy (non-hydrogen) atoms. The molecule has 0 amide bonds. The van der Waals surface area contributed by atoms with Crippen molar-refractivity contribution in [2.45, 2.75) is 31.6 Å². The van der Waals surface area contributed by atoms with Crippen molar-refractivity contribution in [2.24, 2.45) is 5.92 Å². The Labute approximate surface area is 125 Å². The van der Waals surface area contributed by atoms with Gasteiger partial charge in [0.05, 0.1) is 5.02 Å². The molecular weight excluding hydrogens is 298 g/mol. The van der Waals surface area contributed by atoms with Crippen LogP contribution in [0.3, 0.4) is 0 Å². The minimum Gasteiger partial charge on any atom is -0.369 e. The second kappa shape index (κ2) is 6.28. The largest absolute Gasteiger partial charge is 0.369 e. The summed E-state index contributed by atoms with van der Waals surface area (Å²) in [6.45, 7) is 5.82. The van der Waals surface area contributed by atoms with Crippen LogP contribution in [0.2, 0.25) is 5.02 Å². The van der Waals surface area contributed by atoms with Gasteiger partial charge in [0.2, 0.25) is 10.0 Å². The highest BCUT2D eigenvalue weighted by molar-refractivity contribution is 7.89. The Morgan fingerprint density at radius 1 is 1.55 bits per heavy atom. The summed E-state index contributed by atoms with van der Waals surface area (Å²) in [5.41, 5.74) is 0. The summed E-state index contributed by atoms with van der Waals surface area (Å²) in [4.78, 5) is 4.26. The topological polar surface area (TPSA) is 62.3 Å². The Balaban J connectivity index is 2.27. The van der Waals surface area contributed by atoms with E-state index in [0.717, 1.165) is 12.8 Å². The summed E-state index contributed by atoms with van der Waals surface area (Å²) in [6.07, 6.45) is 3.35. The normalized spacial score (nSPS) is 20.9. The third-order valence-corrected chi connectivity index (χ3v) is 5.54. The molecule has 1 saturated heterocycles. The van der Waals surface area contributed by atoms with E-state index in [-0.39, 0.29) is 4.90 Å². The van der Waals surface area contributed by atoms with Crippen LogP contribution in [0.15, 0.2) is 17.2 Å². The zero-order valence-electron chi connectivity index (χ0n) is 11.8.